The summed E-state index contributed by atoms with van der Waals surface area (Å²) < 4.78 is 0. The Labute approximate surface area is 123 Å². The molecule has 0 bridgehead atoms. The van der Waals surface area contributed by atoms with Crippen LogP contribution in [-0.4, -0.2) is 11.8 Å². The number of amides is 2. The predicted molar refractivity (Wildman–Crippen MR) is 81.4 cm³/mol. The molecule has 2 aromatic carbocycles. The van der Waals surface area contributed by atoms with E-state index in [1.807, 2.05) is 6.07 Å². The number of nitrogens with one attached hydrogen (secondary N) is 2. The minimum atomic E-state index is -0.328. The number of rotatable bonds is 4. The van der Waals surface area contributed by atoms with Gasteiger partial charge in [-0.25, -0.2) is 0 Å². The van der Waals surface area contributed by atoms with Gasteiger partial charge in [0.25, 0.3) is 11.8 Å². The van der Waals surface area contributed by atoms with Gasteiger partial charge in [0.15, 0.2) is 0 Å². The molecule has 0 fully saturated rings. The van der Waals surface area contributed by atoms with E-state index in [-0.39, 0.29) is 11.8 Å². The number of hydrogen-bond acceptors (Lipinski definition) is 3. The Morgan fingerprint density at radius 1 is 0.905 bits per heavy atom. The van der Waals surface area contributed by atoms with Gasteiger partial charge in [-0.15, -0.1) is 0 Å². The van der Waals surface area contributed by atoms with Crippen molar-refractivity contribution in [3.05, 3.63) is 64.7 Å². The van der Waals surface area contributed by atoms with E-state index in [1.165, 1.54) is 11.1 Å². The average molecular weight is 280 g/mol. The van der Waals surface area contributed by atoms with Crippen LogP contribution in [0, 0.1) is 0 Å². The van der Waals surface area contributed by atoms with Crippen LogP contribution in [0.3, 0.4) is 0 Å². The fraction of sp³-hybridized carbons (Fsp3) is 0.176. The first-order chi connectivity index (χ1) is 10.2. The van der Waals surface area contributed by atoms with E-state index >= 15 is 0 Å². The van der Waals surface area contributed by atoms with Crippen molar-refractivity contribution in [2.75, 3.05) is 5.32 Å². The SMILES string of the molecule is CCc1ccc(CNc2ccc3c(c2)C(=O)NC3=O)cc1. The summed E-state index contributed by atoms with van der Waals surface area (Å²) in [5, 5.41) is 5.56. The van der Waals surface area contributed by atoms with E-state index < -0.39 is 0 Å². The molecular weight excluding hydrogens is 264 g/mol. The summed E-state index contributed by atoms with van der Waals surface area (Å²) in [7, 11) is 0. The second-order valence-corrected chi connectivity index (χ2v) is 5.07. The second kappa shape index (κ2) is 5.40. The molecule has 0 aromatic heterocycles. The lowest BCUT2D eigenvalue weighted by molar-refractivity contribution is 0.0879. The van der Waals surface area contributed by atoms with Crippen LogP contribution in [0.2, 0.25) is 0 Å². The maximum absolute atomic E-state index is 11.6. The highest BCUT2D eigenvalue weighted by Gasteiger charge is 2.26. The van der Waals surface area contributed by atoms with Crippen molar-refractivity contribution in [3.63, 3.8) is 0 Å². The number of hydrogen-bond donors (Lipinski definition) is 2. The first-order valence-corrected chi connectivity index (χ1v) is 6.99. The van der Waals surface area contributed by atoms with Crippen LogP contribution >= 0.6 is 0 Å². The molecule has 0 aliphatic carbocycles. The molecule has 1 heterocycles. The number of fused-ring (bicyclic) bond motifs is 1. The van der Waals surface area contributed by atoms with E-state index in [0.717, 1.165) is 12.1 Å². The summed E-state index contributed by atoms with van der Waals surface area (Å²) in [6.07, 6.45) is 1.03. The van der Waals surface area contributed by atoms with E-state index in [0.29, 0.717) is 17.7 Å². The molecule has 4 heteroatoms. The molecule has 0 unspecified atom stereocenters. The van der Waals surface area contributed by atoms with Gasteiger partial charge < -0.3 is 5.32 Å². The van der Waals surface area contributed by atoms with Gasteiger partial charge in [0.2, 0.25) is 0 Å². The number of imide groups is 1. The monoisotopic (exact) mass is 280 g/mol. The second-order valence-electron chi connectivity index (χ2n) is 5.07. The van der Waals surface area contributed by atoms with Crippen LogP contribution in [0.25, 0.3) is 0 Å². The standard InChI is InChI=1S/C17H16N2O2/c1-2-11-3-5-12(6-4-11)10-18-13-7-8-14-15(9-13)17(21)19-16(14)20/h3-9,18H,2,10H2,1H3,(H,19,20,21). The summed E-state index contributed by atoms with van der Waals surface area (Å²) >= 11 is 0. The number of anilines is 1. The maximum Gasteiger partial charge on any atom is 0.259 e. The van der Waals surface area contributed by atoms with E-state index in [9.17, 15) is 9.59 Å². The number of aryl methyl sites for hydroxylation is 1. The lowest BCUT2D eigenvalue weighted by Crippen LogP contribution is -2.19. The predicted octanol–water partition coefficient (Wildman–Crippen LogP) is 2.74. The van der Waals surface area contributed by atoms with Crippen LogP contribution in [0.15, 0.2) is 42.5 Å². The lowest BCUT2D eigenvalue weighted by atomic mass is 10.1. The molecule has 1 aliphatic rings. The third-order valence-electron chi connectivity index (χ3n) is 3.66. The van der Waals surface area contributed by atoms with Gasteiger partial charge in [0, 0.05) is 12.2 Å². The minimum absolute atomic E-state index is 0.322. The van der Waals surface area contributed by atoms with Crippen molar-refractivity contribution in [2.24, 2.45) is 0 Å². The molecule has 0 saturated heterocycles. The lowest BCUT2D eigenvalue weighted by Gasteiger charge is -2.08. The summed E-state index contributed by atoms with van der Waals surface area (Å²) in [6, 6.07) is 13.6. The smallest absolute Gasteiger partial charge is 0.259 e. The van der Waals surface area contributed by atoms with Gasteiger partial charge in [0.1, 0.15) is 0 Å². The Morgan fingerprint density at radius 2 is 1.57 bits per heavy atom. The van der Waals surface area contributed by atoms with Gasteiger partial charge in [-0.2, -0.15) is 0 Å². The highest BCUT2D eigenvalue weighted by Crippen LogP contribution is 2.20. The Hall–Kier alpha value is -2.62. The van der Waals surface area contributed by atoms with Gasteiger partial charge in [-0.1, -0.05) is 31.2 Å². The van der Waals surface area contributed by atoms with E-state index in [2.05, 4.69) is 41.8 Å². The van der Waals surface area contributed by atoms with Gasteiger partial charge in [-0.3, -0.25) is 14.9 Å². The van der Waals surface area contributed by atoms with Crippen LogP contribution in [-0.2, 0) is 13.0 Å². The molecule has 2 amide bonds. The fourth-order valence-corrected chi connectivity index (χ4v) is 2.37. The fourth-order valence-electron chi connectivity index (χ4n) is 2.37. The van der Waals surface area contributed by atoms with Crippen molar-refractivity contribution >= 4 is 17.5 Å². The van der Waals surface area contributed by atoms with E-state index in [1.54, 1.807) is 12.1 Å². The maximum atomic E-state index is 11.6. The van der Waals surface area contributed by atoms with Gasteiger partial charge in [-0.05, 0) is 35.7 Å². The normalized spacial score (nSPS) is 13.0. The largest absolute Gasteiger partial charge is 0.381 e. The Kier molecular flexibility index (Phi) is 3.44. The highest BCUT2D eigenvalue weighted by molar-refractivity contribution is 6.21. The zero-order chi connectivity index (χ0) is 14.8. The van der Waals surface area contributed by atoms with Gasteiger partial charge >= 0.3 is 0 Å². The average Bonchev–Trinajstić information content (AvgIpc) is 2.80. The first kappa shape index (κ1) is 13.4. The van der Waals surface area contributed by atoms with Crippen LogP contribution in [0.1, 0.15) is 38.8 Å². The van der Waals surface area contributed by atoms with Crippen molar-refractivity contribution in [2.45, 2.75) is 19.9 Å². The highest BCUT2D eigenvalue weighted by atomic mass is 16.2. The Bertz CT molecular complexity index is 705. The molecule has 0 atom stereocenters. The quantitative estimate of drug-likeness (QED) is 0.847. The van der Waals surface area contributed by atoms with Crippen LogP contribution in [0.5, 0.6) is 0 Å². The van der Waals surface area contributed by atoms with Crippen molar-refractivity contribution in [1.29, 1.82) is 0 Å². The van der Waals surface area contributed by atoms with Crippen molar-refractivity contribution in [3.8, 4) is 0 Å². The molecule has 0 radical (unpaired) electrons. The molecular formula is C17H16N2O2. The molecule has 21 heavy (non-hydrogen) atoms. The molecule has 4 nitrogen and oxygen atoms in total. The van der Waals surface area contributed by atoms with Gasteiger partial charge in [0.05, 0.1) is 11.1 Å². The molecule has 0 saturated carbocycles. The number of carbonyl (C=O) groups excluding carboxylic acids is 2. The van der Waals surface area contributed by atoms with Crippen molar-refractivity contribution < 1.29 is 9.59 Å². The summed E-state index contributed by atoms with van der Waals surface area (Å²) in [6.45, 7) is 2.81. The number of carbonyl (C=O) groups is 2. The number of benzene rings is 2. The van der Waals surface area contributed by atoms with Crippen LogP contribution < -0.4 is 10.6 Å². The first-order valence-electron chi connectivity index (χ1n) is 6.99. The summed E-state index contributed by atoms with van der Waals surface area (Å²) in [5.41, 5.74) is 4.20. The molecule has 3 rings (SSSR count). The Balaban J connectivity index is 1.72. The topological polar surface area (TPSA) is 58.2 Å². The Morgan fingerprint density at radius 3 is 2.29 bits per heavy atom. The zero-order valence-electron chi connectivity index (χ0n) is 11.8. The molecule has 2 N–H and O–H groups in total. The molecule has 1 aliphatic heterocycles. The van der Waals surface area contributed by atoms with Crippen LogP contribution in [0.4, 0.5) is 5.69 Å². The third-order valence-corrected chi connectivity index (χ3v) is 3.66. The molecule has 0 spiro atoms. The minimum Gasteiger partial charge on any atom is -0.381 e. The van der Waals surface area contributed by atoms with E-state index in [4.69, 9.17) is 0 Å². The molecule has 2 aromatic rings. The molecule has 106 valence electrons. The summed E-state index contributed by atoms with van der Waals surface area (Å²) in [5.74, 6) is -0.650. The third kappa shape index (κ3) is 2.65. The van der Waals surface area contributed by atoms with Crippen molar-refractivity contribution in [1.82, 2.24) is 5.32 Å². The zero-order valence-corrected chi connectivity index (χ0v) is 11.8. The summed E-state index contributed by atoms with van der Waals surface area (Å²) in [4.78, 5) is 23.1.